The number of nitrogens with one attached hydrogen (secondary N) is 1. The Hall–Kier alpha value is -1.70. The van der Waals surface area contributed by atoms with E-state index in [0.717, 1.165) is 18.4 Å². The molecular formula is C13H15F3N2. The number of anilines is 1. The number of benzene rings is 1. The van der Waals surface area contributed by atoms with Crippen LogP contribution in [0.25, 0.3) is 0 Å². The summed E-state index contributed by atoms with van der Waals surface area (Å²) in [6.45, 7) is 1.59. The van der Waals surface area contributed by atoms with Gasteiger partial charge in [0.2, 0.25) is 0 Å². The third-order valence-corrected chi connectivity index (χ3v) is 2.58. The van der Waals surface area contributed by atoms with E-state index >= 15 is 0 Å². The molecule has 0 saturated heterocycles. The SMILES string of the molecule is CCCc1ccccc1NCC(C#N)C(F)(F)F. The molecule has 0 amide bonds. The van der Waals surface area contributed by atoms with E-state index < -0.39 is 18.6 Å². The van der Waals surface area contributed by atoms with Crippen molar-refractivity contribution < 1.29 is 13.2 Å². The Kier molecular flexibility index (Phi) is 5.02. The third-order valence-electron chi connectivity index (χ3n) is 2.58. The average molecular weight is 256 g/mol. The quantitative estimate of drug-likeness (QED) is 0.870. The number of para-hydroxylation sites is 1. The van der Waals surface area contributed by atoms with Crippen molar-refractivity contribution in [2.24, 2.45) is 5.92 Å². The Morgan fingerprint density at radius 1 is 1.33 bits per heavy atom. The summed E-state index contributed by atoms with van der Waals surface area (Å²) in [5.41, 5.74) is 1.64. The molecule has 0 aliphatic heterocycles. The second kappa shape index (κ2) is 6.29. The molecule has 0 heterocycles. The van der Waals surface area contributed by atoms with Crippen molar-refractivity contribution in [2.75, 3.05) is 11.9 Å². The molecule has 1 aromatic carbocycles. The largest absolute Gasteiger partial charge is 0.406 e. The van der Waals surface area contributed by atoms with Gasteiger partial charge in [-0.05, 0) is 18.1 Å². The van der Waals surface area contributed by atoms with Crippen LogP contribution in [0.5, 0.6) is 0 Å². The minimum Gasteiger partial charge on any atom is -0.383 e. The van der Waals surface area contributed by atoms with Gasteiger partial charge in [0.15, 0.2) is 5.92 Å². The Morgan fingerprint density at radius 2 is 2.00 bits per heavy atom. The van der Waals surface area contributed by atoms with Crippen LogP contribution in [0.15, 0.2) is 24.3 Å². The Labute approximate surface area is 104 Å². The smallest absolute Gasteiger partial charge is 0.383 e. The molecule has 2 nitrogen and oxygen atoms in total. The van der Waals surface area contributed by atoms with Gasteiger partial charge < -0.3 is 5.32 Å². The van der Waals surface area contributed by atoms with Crippen LogP contribution < -0.4 is 5.32 Å². The van der Waals surface area contributed by atoms with Gasteiger partial charge in [-0.1, -0.05) is 31.5 Å². The number of hydrogen-bond acceptors (Lipinski definition) is 2. The van der Waals surface area contributed by atoms with Crippen molar-refractivity contribution in [3.8, 4) is 6.07 Å². The molecule has 1 atom stereocenters. The van der Waals surface area contributed by atoms with E-state index in [1.807, 2.05) is 19.1 Å². The monoisotopic (exact) mass is 256 g/mol. The summed E-state index contributed by atoms with van der Waals surface area (Å²) >= 11 is 0. The van der Waals surface area contributed by atoms with Crippen molar-refractivity contribution in [3.05, 3.63) is 29.8 Å². The molecule has 0 aliphatic carbocycles. The lowest BCUT2D eigenvalue weighted by Crippen LogP contribution is -2.28. The highest BCUT2D eigenvalue weighted by Crippen LogP contribution is 2.26. The number of alkyl halides is 3. The normalized spacial score (nSPS) is 12.8. The van der Waals surface area contributed by atoms with Gasteiger partial charge in [-0.15, -0.1) is 0 Å². The lowest BCUT2D eigenvalue weighted by Gasteiger charge is -2.16. The molecule has 0 radical (unpaired) electrons. The van der Waals surface area contributed by atoms with Crippen LogP contribution in [-0.2, 0) is 6.42 Å². The van der Waals surface area contributed by atoms with Gasteiger partial charge in [0.25, 0.3) is 0 Å². The summed E-state index contributed by atoms with van der Waals surface area (Å²) in [6.07, 6.45) is -2.77. The molecule has 98 valence electrons. The highest BCUT2D eigenvalue weighted by atomic mass is 19.4. The highest BCUT2D eigenvalue weighted by molar-refractivity contribution is 5.51. The predicted molar refractivity (Wildman–Crippen MR) is 64.1 cm³/mol. The van der Waals surface area contributed by atoms with Crippen molar-refractivity contribution in [1.29, 1.82) is 5.26 Å². The molecule has 1 aromatic rings. The zero-order valence-electron chi connectivity index (χ0n) is 10.1. The molecular weight excluding hydrogens is 241 g/mol. The molecule has 1 rings (SSSR count). The molecule has 0 aromatic heterocycles. The minimum absolute atomic E-state index is 0.416. The van der Waals surface area contributed by atoms with Crippen LogP contribution >= 0.6 is 0 Å². The second-order valence-corrected chi connectivity index (χ2v) is 4.01. The van der Waals surface area contributed by atoms with Crippen LogP contribution in [0.1, 0.15) is 18.9 Å². The maximum Gasteiger partial charge on any atom is 0.406 e. The first-order valence-electron chi connectivity index (χ1n) is 5.77. The van der Waals surface area contributed by atoms with Gasteiger partial charge in [-0.25, -0.2) is 0 Å². The van der Waals surface area contributed by atoms with Gasteiger partial charge in [0.05, 0.1) is 6.07 Å². The number of aryl methyl sites for hydroxylation is 1. The van der Waals surface area contributed by atoms with Crippen LogP contribution in [0.3, 0.4) is 0 Å². The highest BCUT2D eigenvalue weighted by Gasteiger charge is 2.39. The molecule has 0 bridgehead atoms. The molecule has 0 fully saturated rings. The first kappa shape index (κ1) is 14.4. The lowest BCUT2D eigenvalue weighted by atomic mass is 10.1. The zero-order chi connectivity index (χ0) is 13.6. The fraction of sp³-hybridized carbons (Fsp3) is 0.462. The maximum absolute atomic E-state index is 12.4. The van der Waals surface area contributed by atoms with E-state index in [0.29, 0.717) is 5.69 Å². The molecule has 0 aliphatic rings. The van der Waals surface area contributed by atoms with E-state index in [4.69, 9.17) is 5.26 Å². The topological polar surface area (TPSA) is 35.8 Å². The first-order valence-corrected chi connectivity index (χ1v) is 5.77. The van der Waals surface area contributed by atoms with Gasteiger partial charge >= 0.3 is 6.18 Å². The summed E-state index contributed by atoms with van der Waals surface area (Å²) in [5, 5.41) is 11.2. The van der Waals surface area contributed by atoms with E-state index in [2.05, 4.69) is 5.32 Å². The van der Waals surface area contributed by atoms with Crippen molar-refractivity contribution in [3.63, 3.8) is 0 Å². The fourth-order valence-corrected chi connectivity index (χ4v) is 1.63. The van der Waals surface area contributed by atoms with E-state index in [9.17, 15) is 13.2 Å². The van der Waals surface area contributed by atoms with E-state index in [1.54, 1.807) is 12.1 Å². The standard InChI is InChI=1S/C13H15F3N2/c1-2-5-10-6-3-4-7-12(10)18-9-11(8-17)13(14,15)16/h3-4,6-7,11,18H,2,5,9H2,1H3. The number of nitrogens with zero attached hydrogens (tertiary/aromatic N) is 1. The van der Waals surface area contributed by atoms with Gasteiger partial charge in [0, 0.05) is 12.2 Å². The fourth-order valence-electron chi connectivity index (χ4n) is 1.63. The van der Waals surface area contributed by atoms with Crippen molar-refractivity contribution in [1.82, 2.24) is 0 Å². The van der Waals surface area contributed by atoms with Crippen molar-refractivity contribution >= 4 is 5.69 Å². The summed E-state index contributed by atoms with van der Waals surface area (Å²) in [5.74, 6) is -1.98. The molecule has 5 heteroatoms. The summed E-state index contributed by atoms with van der Waals surface area (Å²) in [4.78, 5) is 0. The van der Waals surface area contributed by atoms with Crippen LogP contribution in [-0.4, -0.2) is 12.7 Å². The zero-order valence-corrected chi connectivity index (χ0v) is 10.1. The van der Waals surface area contributed by atoms with Crippen molar-refractivity contribution in [2.45, 2.75) is 25.9 Å². The van der Waals surface area contributed by atoms with Crippen LogP contribution in [0, 0.1) is 17.2 Å². The van der Waals surface area contributed by atoms with Gasteiger partial charge in [0.1, 0.15) is 0 Å². The number of hydrogen-bond donors (Lipinski definition) is 1. The maximum atomic E-state index is 12.4. The Bertz CT molecular complexity index is 421. The third kappa shape index (κ3) is 3.95. The van der Waals surface area contributed by atoms with Gasteiger partial charge in [-0.3, -0.25) is 0 Å². The number of rotatable bonds is 5. The van der Waals surface area contributed by atoms with Crippen LogP contribution in [0.2, 0.25) is 0 Å². The molecule has 18 heavy (non-hydrogen) atoms. The molecule has 1 unspecified atom stereocenters. The first-order chi connectivity index (χ1) is 8.49. The lowest BCUT2D eigenvalue weighted by molar-refractivity contribution is -0.155. The Balaban J connectivity index is 2.71. The molecule has 0 spiro atoms. The Morgan fingerprint density at radius 3 is 2.56 bits per heavy atom. The average Bonchev–Trinajstić information content (AvgIpc) is 2.30. The number of nitriles is 1. The number of halogens is 3. The summed E-state index contributed by atoms with van der Waals surface area (Å²) < 4.78 is 37.2. The van der Waals surface area contributed by atoms with Crippen LogP contribution in [0.4, 0.5) is 18.9 Å². The summed E-state index contributed by atoms with van der Waals surface area (Å²) in [6, 6.07) is 8.49. The minimum atomic E-state index is -4.48. The van der Waals surface area contributed by atoms with Gasteiger partial charge in [-0.2, -0.15) is 18.4 Å². The predicted octanol–water partition coefficient (Wildman–Crippen LogP) is 3.75. The van der Waals surface area contributed by atoms with E-state index in [-0.39, 0.29) is 0 Å². The summed E-state index contributed by atoms with van der Waals surface area (Å²) in [7, 11) is 0. The van der Waals surface area contributed by atoms with E-state index in [1.165, 1.54) is 6.07 Å². The molecule has 0 saturated carbocycles. The second-order valence-electron chi connectivity index (χ2n) is 4.01. The molecule has 1 N–H and O–H groups in total.